The number of aliphatic hydroxyl groups is 1. The Morgan fingerprint density at radius 2 is 2.16 bits per heavy atom. The van der Waals surface area contributed by atoms with E-state index in [1.807, 2.05) is 19.9 Å². The van der Waals surface area contributed by atoms with Crippen molar-refractivity contribution >= 4 is 5.78 Å². The van der Waals surface area contributed by atoms with Crippen LogP contribution in [0.15, 0.2) is 12.1 Å². The maximum Gasteiger partial charge on any atom is 0.207 e. The molecule has 0 radical (unpaired) electrons. The molecule has 0 fully saturated rings. The van der Waals surface area contributed by atoms with Gasteiger partial charge in [-0.1, -0.05) is 19.9 Å². The summed E-state index contributed by atoms with van der Waals surface area (Å²) in [4.78, 5) is 12.2. The third-order valence-electron chi connectivity index (χ3n) is 3.78. The Hall–Kier alpha value is -1.39. The van der Waals surface area contributed by atoms with E-state index < -0.39 is 11.9 Å². The number of ketones is 1. The van der Waals surface area contributed by atoms with Gasteiger partial charge in [0.15, 0.2) is 11.9 Å². The van der Waals surface area contributed by atoms with Gasteiger partial charge in [0, 0.05) is 12.0 Å². The number of hydrogen-bond acceptors (Lipinski definition) is 4. The molecule has 2 atom stereocenters. The van der Waals surface area contributed by atoms with Gasteiger partial charge in [-0.2, -0.15) is 0 Å². The molecule has 0 aliphatic carbocycles. The standard InChI is InChI=1S/C15H18O4/c1-8(2)13-12(16)10-5-4-9-6-15(3,17)18-7-11(9)14(10)19-13/h4-5,8,13,17H,6-7H2,1-3H3. The molecule has 0 spiro atoms. The minimum atomic E-state index is -1.14. The van der Waals surface area contributed by atoms with Crippen LogP contribution in [0.2, 0.25) is 0 Å². The average molecular weight is 262 g/mol. The Kier molecular flexibility index (Phi) is 2.69. The Morgan fingerprint density at radius 3 is 2.84 bits per heavy atom. The molecule has 3 rings (SSSR count). The molecule has 0 bridgehead atoms. The van der Waals surface area contributed by atoms with Crippen LogP contribution in [0.1, 0.15) is 42.3 Å². The van der Waals surface area contributed by atoms with Crippen LogP contribution in [0.5, 0.6) is 5.75 Å². The monoisotopic (exact) mass is 262 g/mol. The highest BCUT2D eigenvalue weighted by atomic mass is 16.6. The molecule has 1 aromatic rings. The van der Waals surface area contributed by atoms with Crippen LogP contribution in [-0.2, 0) is 17.8 Å². The fourth-order valence-electron chi connectivity index (χ4n) is 2.73. The van der Waals surface area contributed by atoms with Crippen LogP contribution in [-0.4, -0.2) is 22.8 Å². The van der Waals surface area contributed by atoms with Crippen LogP contribution in [0.4, 0.5) is 0 Å². The molecular weight excluding hydrogens is 244 g/mol. The first kappa shape index (κ1) is 12.6. The van der Waals surface area contributed by atoms with E-state index in [1.54, 1.807) is 13.0 Å². The predicted octanol–water partition coefficient (Wildman–Crippen LogP) is 2.07. The second-order valence-electron chi connectivity index (χ2n) is 5.87. The van der Waals surface area contributed by atoms with Gasteiger partial charge in [0.1, 0.15) is 5.75 Å². The zero-order chi connectivity index (χ0) is 13.8. The molecule has 0 aromatic heterocycles. The van der Waals surface area contributed by atoms with Gasteiger partial charge in [-0.3, -0.25) is 4.79 Å². The van der Waals surface area contributed by atoms with Gasteiger partial charge in [0.05, 0.1) is 12.2 Å². The van der Waals surface area contributed by atoms with Crippen molar-refractivity contribution in [2.45, 2.75) is 45.7 Å². The summed E-state index contributed by atoms with van der Waals surface area (Å²) in [6.07, 6.45) is 0.0170. The SMILES string of the molecule is CC(C)C1Oc2c(ccc3c2COC(C)(O)C3)C1=O. The van der Waals surface area contributed by atoms with E-state index in [9.17, 15) is 9.90 Å². The molecule has 0 amide bonds. The Morgan fingerprint density at radius 1 is 1.42 bits per heavy atom. The molecule has 2 aliphatic rings. The summed E-state index contributed by atoms with van der Waals surface area (Å²) in [5, 5.41) is 9.93. The molecule has 2 heterocycles. The number of rotatable bonds is 1. The molecule has 0 saturated heterocycles. The van der Waals surface area contributed by atoms with Crippen molar-refractivity contribution in [3.63, 3.8) is 0 Å². The highest BCUT2D eigenvalue weighted by Gasteiger charge is 2.39. The number of benzene rings is 1. The predicted molar refractivity (Wildman–Crippen MR) is 69.1 cm³/mol. The molecular formula is C15H18O4. The highest BCUT2D eigenvalue weighted by Crippen LogP contribution is 2.40. The van der Waals surface area contributed by atoms with Crippen molar-refractivity contribution in [3.8, 4) is 5.75 Å². The Balaban J connectivity index is 2.04. The van der Waals surface area contributed by atoms with Gasteiger partial charge in [-0.05, 0) is 24.5 Å². The van der Waals surface area contributed by atoms with E-state index in [4.69, 9.17) is 9.47 Å². The largest absolute Gasteiger partial charge is 0.481 e. The smallest absolute Gasteiger partial charge is 0.207 e. The van der Waals surface area contributed by atoms with Gasteiger partial charge >= 0.3 is 0 Å². The van der Waals surface area contributed by atoms with Crippen molar-refractivity contribution in [3.05, 3.63) is 28.8 Å². The van der Waals surface area contributed by atoms with Crippen molar-refractivity contribution < 1.29 is 19.4 Å². The summed E-state index contributed by atoms with van der Waals surface area (Å²) in [7, 11) is 0. The third-order valence-corrected chi connectivity index (χ3v) is 3.78. The second-order valence-corrected chi connectivity index (χ2v) is 5.87. The lowest BCUT2D eigenvalue weighted by molar-refractivity contribution is -0.204. The topological polar surface area (TPSA) is 55.8 Å². The Labute approximate surface area is 112 Å². The number of fused-ring (bicyclic) bond motifs is 3. The number of Topliss-reactive ketones (excluding diaryl/α,β-unsaturated/α-hetero) is 1. The summed E-state index contributed by atoms with van der Waals surface area (Å²) in [5.41, 5.74) is 2.54. The molecule has 2 unspecified atom stereocenters. The lowest BCUT2D eigenvalue weighted by Gasteiger charge is -2.31. The normalized spacial score (nSPS) is 29.1. The third kappa shape index (κ3) is 1.95. The summed E-state index contributed by atoms with van der Waals surface area (Å²) >= 11 is 0. The van der Waals surface area contributed by atoms with Gasteiger partial charge < -0.3 is 14.6 Å². The van der Waals surface area contributed by atoms with E-state index in [2.05, 4.69) is 0 Å². The van der Waals surface area contributed by atoms with Crippen molar-refractivity contribution in [1.29, 1.82) is 0 Å². The maximum absolute atomic E-state index is 12.2. The summed E-state index contributed by atoms with van der Waals surface area (Å²) in [6.45, 7) is 5.88. The maximum atomic E-state index is 12.2. The lowest BCUT2D eigenvalue weighted by Crippen LogP contribution is -2.35. The number of hydrogen-bond donors (Lipinski definition) is 1. The molecule has 0 saturated carbocycles. The van der Waals surface area contributed by atoms with E-state index in [0.29, 0.717) is 17.7 Å². The number of carbonyl (C=O) groups excluding carboxylic acids is 1. The highest BCUT2D eigenvalue weighted by molar-refractivity contribution is 6.05. The van der Waals surface area contributed by atoms with Crippen molar-refractivity contribution in [2.75, 3.05) is 0 Å². The van der Waals surface area contributed by atoms with Crippen LogP contribution in [0.25, 0.3) is 0 Å². The second kappa shape index (κ2) is 4.05. The zero-order valence-corrected chi connectivity index (χ0v) is 11.4. The van der Waals surface area contributed by atoms with E-state index >= 15 is 0 Å². The van der Waals surface area contributed by atoms with Crippen LogP contribution in [0, 0.1) is 5.92 Å². The van der Waals surface area contributed by atoms with Gasteiger partial charge in [0.25, 0.3) is 0 Å². The summed E-state index contributed by atoms with van der Waals surface area (Å²) in [6, 6.07) is 3.70. The summed E-state index contributed by atoms with van der Waals surface area (Å²) in [5.74, 6) is -0.300. The Bertz CT molecular complexity index is 545. The fraction of sp³-hybridized carbons (Fsp3) is 0.533. The first-order valence-electron chi connectivity index (χ1n) is 6.61. The summed E-state index contributed by atoms with van der Waals surface area (Å²) < 4.78 is 11.2. The molecule has 1 aromatic carbocycles. The number of carbonyl (C=O) groups is 1. The lowest BCUT2D eigenvalue weighted by atomic mass is 9.93. The van der Waals surface area contributed by atoms with Crippen molar-refractivity contribution in [1.82, 2.24) is 0 Å². The van der Waals surface area contributed by atoms with Crippen LogP contribution < -0.4 is 4.74 Å². The van der Waals surface area contributed by atoms with Gasteiger partial charge in [-0.25, -0.2) is 0 Å². The zero-order valence-electron chi connectivity index (χ0n) is 11.4. The van der Waals surface area contributed by atoms with Crippen molar-refractivity contribution in [2.24, 2.45) is 5.92 Å². The molecule has 1 N–H and O–H groups in total. The van der Waals surface area contributed by atoms with Gasteiger partial charge in [0.2, 0.25) is 5.78 Å². The van der Waals surface area contributed by atoms with Gasteiger partial charge in [-0.15, -0.1) is 0 Å². The number of ether oxygens (including phenoxy) is 2. The minimum absolute atomic E-state index is 0.0464. The van der Waals surface area contributed by atoms with E-state index in [0.717, 1.165) is 11.1 Å². The molecule has 4 nitrogen and oxygen atoms in total. The van der Waals surface area contributed by atoms with E-state index in [-0.39, 0.29) is 18.3 Å². The molecule has 19 heavy (non-hydrogen) atoms. The fourth-order valence-corrected chi connectivity index (χ4v) is 2.73. The molecule has 4 heteroatoms. The molecule has 102 valence electrons. The van der Waals surface area contributed by atoms with Crippen LogP contribution >= 0.6 is 0 Å². The minimum Gasteiger partial charge on any atom is -0.481 e. The van der Waals surface area contributed by atoms with Crippen LogP contribution in [0.3, 0.4) is 0 Å². The first-order chi connectivity index (χ1) is 8.89. The first-order valence-corrected chi connectivity index (χ1v) is 6.61. The average Bonchev–Trinajstić information content (AvgIpc) is 2.65. The van der Waals surface area contributed by atoms with E-state index in [1.165, 1.54) is 0 Å². The quantitative estimate of drug-likeness (QED) is 0.841. The molecule has 2 aliphatic heterocycles.